The van der Waals surface area contributed by atoms with Crippen molar-refractivity contribution in [1.82, 2.24) is 10.2 Å². The molecule has 3 rings (SSSR count). The number of rotatable bonds is 8. The summed E-state index contributed by atoms with van der Waals surface area (Å²) < 4.78 is 16.8. The van der Waals surface area contributed by atoms with Gasteiger partial charge in [-0.05, 0) is 51.1 Å². The zero-order valence-electron chi connectivity index (χ0n) is 15.6. The maximum Gasteiger partial charge on any atom is 0.223 e. The van der Waals surface area contributed by atoms with Gasteiger partial charge in [-0.25, -0.2) is 0 Å². The van der Waals surface area contributed by atoms with Crippen molar-refractivity contribution in [2.45, 2.75) is 50.7 Å². The van der Waals surface area contributed by atoms with Crippen molar-refractivity contribution >= 4 is 5.91 Å². The number of ether oxygens (including phenoxy) is 3. The molecule has 2 atom stereocenters. The first kappa shape index (κ1) is 19.1. The Balaban J connectivity index is 1.40. The lowest BCUT2D eigenvalue weighted by atomic mass is 9.86. The van der Waals surface area contributed by atoms with Crippen LogP contribution in [-0.2, 0) is 19.0 Å². The average Bonchev–Trinajstić information content (AvgIpc) is 2.60. The van der Waals surface area contributed by atoms with Crippen LogP contribution in [0.25, 0.3) is 0 Å². The lowest BCUT2D eigenvalue weighted by Gasteiger charge is -2.36. The number of nitrogens with one attached hydrogen (secondary N) is 1. The minimum Gasteiger partial charge on any atom is -0.383 e. The summed E-state index contributed by atoms with van der Waals surface area (Å²) in [5, 5.41) is 3.27. The molecule has 0 bridgehead atoms. The molecule has 6 nitrogen and oxygen atoms in total. The fraction of sp³-hybridized carbons (Fsp3) is 0.947. The van der Waals surface area contributed by atoms with Crippen molar-refractivity contribution in [3.63, 3.8) is 0 Å². The fourth-order valence-corrected chi connectivity index (χ4v) is 3.90. The first-order valence-electron chi connectivity index (χ1n) is 9.97. The highest BCUT2D eigenvalue weighted by molar-refractivity contribution is 5.79. The van der Waals surface area contributed by atoms with Crippen molar-refractivity contribution < 1.29 is 19.0 Å². The van der Waals surface area contributed by atoms with E-state index < -0.39 is 0 Å². The molecule has 0 aromatic carbocycles. The molecule has 3 fully saturated rings. The second-order valence-corrected chi connectivity index (χ2v) is 7.76. The van der Waals surface area contributed by atoms with Gasteiger partial charge in [0.2, 0.25) is 5.91 Å². The van der Waals surface area contributed by atoms with Gasteiger partial charge in [-0.3, -0.25) is 4.79 Å². The average molecular weight is 354 g/mol. The molecule has 2 aliphatic heterocycles. The molecule has 0 spiro atoms. The summed E-state index contributed by atoms with van der Waals surface area (Å²) in [5.74, 6) is 1.05. The molecule has 0 aromatic heterocycles. The highest BCUT2D eigenvalue weighted by Crippen LogP contribution is 2.27. The predicted octanol–water partition coefficient (Wildman–Crippen LogP) is 1.44. The van der Waals surface area contributed by atoms with E-state index in [9.17, 15) is 4.79 Å². The molecule has 0 unspecified atom stereocenters. The Hall–Kier alpha value is -0.690. The van der Waals surface area contributed by atoms with Crippen molar-refractivity contribution in [3.8, 4) is 0 Å². The minimum atomic E-state index is 0.0140. The quantitative estimate of drug-likeness (QED) is 0.715. The summed E-state index contributed by atoms with van der Waals surface area (Å²) >= 11 is 0. The van der Waals surface area contributed by atoms with Crippen LogP contribution in [0, 0.1) is 11.8 Å². The van der Waals surface area contributed by atoms with E-state index in [4.69, 9.17) is 14.2 Å². The lowest BCUT2D eigenvalue weighted by molar-refractivity contribution is -0.132. The van der Waals surface area contributed by atoms with E-state index in [1.807, 2.05) is 0 Å². The normalized spacial score (nSPS) is 29.3. The number of carbonyl (C=O) groups excluding carboxylic acids is 1. The second-order valence-electron chi connectivity index (χ2n) is 7.76. The molecular formula is C19H34N2O4. The third kappa shape index (κ3) is 5.64. The highest BCUT2D eigenvalue weighted by atomic mass is 16.5. The molecule has 1 aliphatic carbocycles. The van der Waals surface area contributed by atoms with E-state index in [1.165, 1.54) is 19.3 Å². The summed E-state index contributed by atoms with van der Waals surface area (Å²) in [4.78, 5) is 15.1. The SMILES string of the molecule is COCCN1CCC(C(=O)N[C@@H]2CCOC[C@H]2OCC2CCC2)CC1. The van der Waals surface area contributed by atoms with E-state index in [0.717, 1.165) is 58.0 Å². The van der Waals surface area contributed by atoms with Gasteiger partial charge in [0, 0.05) is 32.8 Å². The van der Waals surface area contributed by atoms with Gasteiger partial charge in [-0.15, -0.1) is 0 Å². The Bertz CT molecular complexity index is 408. The van der Waals surface area contributed by atoms with Gasteiger partial charge in [0.1, 0.15) is 6.10 Å². The van der Waals surface area contributed by atoms with Crippen LogP contribution >= 0.6 is 0 Å². The first-order valence-corrected chi connectivity index (χ1v) is 9.97. The topological polar surface area (TPSA) is 60.0 Å². The molecule has 0 aromatic rings. The predicted molar refractivity (Wildman–Crippen MR) is 95.5 cm³/mol. The van der Waals surface area contributed by atoms with Crippen LogP contribution < -0.4 is 5.32 Å². The van der Waals surface area contributed by atoms with Gasteiger partial charge in [0.05, 0.1) is 19.3 Å². The van der Waals surface area contributed by atoms with Crippen LogP contribution in [0.4, 0.5) is 0 Å². The summed E-state index contributed by atoms with van der Waals surface area (Å²) in [5.41, 5.74) is 0. The molecule has 1 amide bonds. The van der Waals surface area contributed by atoms with Gasteiger partial charge in [0.15, 0.2) is 0 Å². The molecule has 2 heterocycles. The first-order chi connectivity index (χ1) is 12.3. The number of nitrogens with zero attached hydrogens (tertiary/aromatic N) is 1. The number of methoxy groups -OCH3 is 1. The Labute approximate surface area is 151 Å². The summed E-state index contributed by atoms with van der Waals surface area (Å²) in [6, 6.07) is 0.104. The molecule has 1 saturated carbocycles. The van der Waals surface area contributed by atoms with Crippen molar-refractivity contribution in [2.75, 3.05) is 53.2 Å². The Morgan fingerprint density at radius 2 is 2.00 bits per heavy atom. The van der Waals surface area contributed by atoms with Crippen LogP contribution in [0.5, 0.6) is 0 Å². The van der Waals surface area contributed by atoms with E-state index in [-0.39, 0.29) is 24.0 Å². The maximum atomic E-state index is 12.7. The number of piperidine rings is 1. The van der Waals surface area contributed by atoms with Crippen molar-refractivity contribution in [2.24, 2.45) is 11.8 Å². The molecule has 2 saturated heterocycles. The minimum absolute atomic E-state index is 0.0140. The van der Waals surface area contributed by atoms with Gasteiger partial charge >= 0.3 is 0 Å². The smallest absolute Gasteiger partial charge is 0.223 e. The van der Waals surface area contributed by atoms with Crippen molar-refractivity contribution in [1.29, 1.82) is 0 Å². The molecule has 6 heteroatoms. The van der Waals surface area contributed by atoms with Crippen LogP contribution in [0.1, 0.15) is 38.5 Å². The zero-order valence-corrected chi connectivity index (χ0v) is 15.6. The Morgan fingerprint density at radius 3 is 2.68 bits per heavy atom. The van der Waals surface area contributed by atoms with Crippen molar-refractivity contribution in [3.05, 3.63) is 0 Å². The van der Waals surface area contributed by atoms with E-state index in [0.29, 0.717) is 13.2 Å². The van der Waals surface area contributed by atoms with Crippen LogP contribution in [-0.4, -0.2) is 76.1 Å². The highest BCUT2D eigenvalue weighted by Gasteiger charge is 2.32. The molecule has 25 heavy (non-hydrogen) atoms. The van der Waals surface area contributed by atoms with Crippen LogP contribution in [0.2, 0.25) is 0 Å². The van der Waals surface area contributed by atoms with E-state index in [2.05, 4.69) is 10.2 Å². The summed E-state index contributed by atoms with van der Waals surface area (Å²) in [6.07, 6.45) is 6.64. The summed E-state index contributed by atoms with van der Waals surface area (Å²) in [7, 11) is 1.73. The maximum absolute atomic E-state index is 12.7. The Morgan fingerprint density at radius 1 is 1.20 bits per heavy atom. The van der Waals surface area contributed by atoms with E-state index >= 15 is 0 Å². The fourth-order valence-electron chi connectivity index (χ4n) is 3.90. The van der Waals surface area contributed by atoms with Gasteiger partial charge in [-0.2, -0.15) is 0 Å². The van der Waals surface area contributed by atoms with Crippen LogP contribution in [0.15, 0.2) is 0 Å². The third-order valence-corrected chi connectivity index (χ3v) is 5.97. The number of hydrogen-bond acceptors (Lipinski definition) is 5. The molecule has 0 radical (unpaired) electrons. The van der Waals surface area contributed by atoms with Gasteiger partial charge in [0.25, 0.3) is 0 Å². The number of amides is 1. The third-order valence-electron chi connectivity index (χ3n) is 5.97. The lowest BCUT2D eigenvalue weighted by Crippen LogP contribution is -2.52. The molecule has 144 valence electrons. The van der Waals surface area contributed by atoms with Gasteiger partial charge < -0.3 is 24.4 Å². The Kier molecular flexibility index (Phi) is 7.52. The number of carbonyl (C=O) groups is 1. The number of hydrogen-bond donors (Lipinski definition) is 1. The largest absolute Gasteiger partial charge is 0.383 e. The second kappa shape index (κ2) is 9.86. The van der Waals surface area contributed by atoms with Crippen LogP contribution in [0.3, 0.4) is 0 Å². The zero-order chi connectivity index (χ0) is 17.5. The molecule has 3 aliphatic rings. The number of likely N-dealkylation sites (tertiary alicyclic amines) is 1. The van der Waals surface area contributed by atoms with E-state index in [1.54, 1.807) is 7.11 Å². The molecule has 1 N–H and O–H groups in total. The standard InChI is InChI=1S/C19H34N2O4/c1-23-12-10-21-8-5-16(6-9-21)19(22)20-17-7-11-24-14-18(17)25-13-15-3-2-4-15/h15-18H,2-14H2,1H3,(H,20,22)/t17-,18-/m1/s1. The van der Waals surface area contributed by atoms with Gasteiger partial charge in [-0.1, -0.05) is 6.42 Å². The monoisotopic (exact) mass is 354 g/mol. The summed E-state index contributed by atoms with van der Waals surface area (Å²) in [6.45, 7) is 5.82. The molecular weight excluding hydrogens is 320 g/mol.